The maximum absolute atomic E-state index is 5.78. The minimum absolute atomic E-state index is 0.712. The number of hydrogen-bond acceptors (Lipinski definition) is 3. The number of benzene rings is 1. The molecule has 4 nitrogen and oxygen atoms in total. The number of rotatable bonds is 2. The molecule has 3 N–H and O–H groups in total. The van der Waals surface area contributed by atoms with Crippen molar-refractivity contribution in [2.45, 2.75) is 6.92 Å². The first-order chi connectivity index (χ1) is 9.15. The lowest BCUT2D eigenvalue weighted by atomic mass is 10.2. The average molecular weight is 252 g/mol. The minimum Gasteiger partial charge on any atom is -0.397 e. The molecule has 0 radical (unpaired) electrons. The summed E-state index contributed by atoms with van der Waals surface area (Å²) in [4.78, 5) is 4.31. The molecule has 0 spiro atoms. The van der Waals surface area contributed by atoms with Crippen molar-refractivity contribution in [1.82, 2.24) is 9.55 Å². The van der Waals surface area contributed by atoms with Gasteiger partial charge in [-0.25, -0.2) is 4.98 Å². The summed E-state index contributed by atoms with van der Waals surface area (Å²) in [6.07, 6.45) is 3.75. The van der Waals surface area contributed by atoms with Gasteiger partial charge in [0.2, 0.25) is 0 Å². The third-order valence-electron chi connectivity index (χ3n) is 3.31. The molecule has 0 fully saturated rings. The molecule has 3 aromatic rings. The molecule has 0 atom stereocenters. The molecular formula is C15H16N4. The molecule has 0 bridgehead atoms. The van der Waals surface area contributed by atoms with Crippen LogP contribution in [0, 0.1) is 6.92 Å². The van der Waals surface area contributed by atoms with Crippen LogP contribution in [0.25, 0.3) is 10.9 Å². The van der Waals surface area contributed by atoms with E-state index in [1.54, 1.807) is 6.20 Å². The summed E-state index contributed by atoms with van der Waals surface area (Å²) >= 11 is 0. The molecule has 2 aromatic heterocycles. The highest BCUT2D eigenvalue weighted by atomic mass is 15.0. The van der Waals surface area contributed by atoms with Gasteiger partial charge in [0.1, 0.15) is 5.82 Å². The van der Waals surface area contributed by atoms with Crippen molar-refractivity contribution in [3.8, 4) is 0 Å². The van der Waals surface area contributed by atoms with E-state index in [1.165, 1.54) is 10.9 Å². The fourth-order valence-corrected chi connectivity index (χ4v) is 2.21. The Morgan fingerprint density at radius 2 is 2.05 bits per heavy atom. The summed E-state index contributed by atoms with van der Waals surface area (Å²) in [6.45, 7) is 1.98. The molecule has 0 aliphatic rings. The summed E-state index contributed by atoms with van der Waals surface area (Å²) in [5.74, 6) is 0.808. The second-order valence-electron chi connectivity index (χ2n) is 4.72. The number of nitrogens with zero attached hydrogens (tertiary/aromatic N) is 2. The topological polar surface area (TPSA) is 55.9 Å². The first-order valence-corrected chi connectivity index (χ1v) is 6.18. The van der Waals surface area contributed by atoms with Gasteiger partial charge in [0.15, 0.2) is 0 Å². The molecule has 0 amide bonds. The van der Waals surface area contributed by atoms with E-state index in [1.807, 2.05) is 32.2 Å². The van der Waals surface area contributed by atoms with Gasteiger partial charge in [-0.3, -0.25) is 0 Å². The Morgan fingerprint density at radius 1 is 1.26 bits per heavy atom. The summed E-state index contributed by atoms with van der Waals surface area (Å²) in [5.41, 5.74) is 9.76. The molecule has 96 valence electrons. The van der Waals surface area contributed by atoms with Crippen LogP contribution in [0.15, 0.2) is 42.7 Å². The summed E-state index contributed by atoms with van der Waals surface area (Å²) in [6, 6.07) is 10.2. The molecular weight excluding hydrogens is 236 g/mol. The van der Waals surface area contributed by atoms with E-state index in [0.29, 0.717) is 5.69 Å². The smallest absolute Gasteiger partial charge is 0.130 e. The Labute approximate surface area is 111 Å². The molecule has 1 aromatic carbocycles. The van der Waals surface area contributed by atoms with Crippen molar-refractivity contribution in [3.05, 3.63) is 48.3 Å². The first kappa shape index (κ1) is 11.6. The largest absolute Gasteiger partial charge is 0.397 e. The molecule has 0 saturated heterocycles. The van der Waals surface area contributed by atoms with Crippen LogP contribution in [0.3, 0.4) is 0 Å². The highest BCUT2D eigenvalue weighted by molar-refractivity contribution is 5.94. The van der Waals surface area contributed by atoms with Crippen LogP contribution < -0.4 is 11.1 Å². The molecule has 0 aliphatic carbocycles. The van der Waals surface area contributed by atoms with Crippen LogP contribution >= 0.6 is 0 Å². The van der Waals surface area contributed by atoms with E-state index in [9.17, 15) is 0 Å². The highest BCUT2D eigenvalue weighted by Crippen LogP contribution is 2.27. The number of nitrogen functional groups attached to an aromatic ring is 1. The fourth-order valence-electron chi connectivity index (χ4n) is 2.21. The van der Waals surface area contributed by atoms with Crippen molar-refractivity contribution in [1.29, 1.82) is 0 Å². The number of anilines is 3. The number of aromatic nitrogens is 2. The number of nitrogens with two attached hydrogens (primary N) is 1. The van der Waals surface area contributed by atoms with Crippen molar-refractivity contribution in [2.75, 3.05) is 11.1 Å². The van der Waals surface area contributed by atoms with Gasteiger partial charge in [-0.15, -0.1) is 0 Å². The van der Waals surface area contributed by atoms with E-state index >= 15 is 0 Å². The number of nitrogens with one attached hydrogen (secondary N) is 1. The maximum atomic E-state index is 5.78. The minimum atomic E-state index is 0.712. The van der Waals surface area contributed by atoms with Gasteiger partial charge in [0, 0.05) is 24.1 Å². The Morgan fingerprint density at radius 3 is 2.84 bits per heavy atom. The molecule has 2 heterocycles. The van der Waals surface area contributed by atoms with Crippen LogP contribution in [0.2, 0.25) is 0 Å². The third-order valence-corrected chi connectivity index (χ3v) is 3.31. The number of pyridine rings is 1. The Hall–Kier alpha value is -2.49. The van der Waals surface area contributed by atoms with Gasteiger partial charge in [-0.1, -0.05) is 18.2 Å². The number of fused-ring (bicyclic) bond motifs is 1. The molecule has 0 aliphatic heterocycles. The second-order valence-corrected chi connectivity index (χ2v) is 4.72. The monoisotopic (exact) mass is 252 g/mol. The summed E-state index contributed by atoms with van der Waals surface area (Å²) in [7, 11) is 2.04. The Kier molecular flexibility index (Phi) is 2.63. The lowest BCUT2D eigenvalue weighted by Crippen LogP contribution is -1.96. The van der Waals surface area contributed by atoms with Gasteiger partial charge in [0.25, 0.3) is 0 Å². The van der Waals surface area contributed by atoms with Crippen LogP contribution in [-0.4, -0.2) is 9.55 Å². The van der Waals surface area contributed by atoms with E-state index in [4.69, 9.17) is 5.73 Å². The first-order valence-electron chi connectivity index (χ1n) is 6.18. The zero-order valence-corrected chi connectivity index (χ0v) is 11.0. The molecule has 0 unspecified atom stereocenters. The normalized spacial score (nSPS) is 10.8. The lowest BCUT2D eigenvalue weighted by molar-refractivity contribution is 0.970. The van der Waals surface area contributed by atoms with Crippen molar-refractivity contribution in [2.24, 2.45) is 7.05 Å². The Bertz CT molecular complexity index is 743. The number of hydrogen-bond donors (Lipinski definition) is 2. The lowest BCUT2D eigenvalue weighted by Gasteiger charge is -2.06. The van der Waals surface area contributed by atoms with Crippen LogP contribution in [-0.2, 0) is 7.05 Å². The van der Waals surface area contributed by atoms with E-state index in [2.05, 4.69) is 33.2 Å². The second kappa shape index (κ2) is 4.31. The van der Waals surface area contributed by atoms with E-state index < -0.39 is 0 Å². The summed E-state index contributed by atoms with van der Waals surface area (Å²) in [5, 5.41) is 4.53. The average Bonchev–Trinajstić information content (AvgIpc) is 2.72. The van der Waals surface area contributed by atoms with Crippen molar-refractivity contribution >= 4 is 28.1 Å². The summed E-state index contributed by atoms with van der Waals surface area (Å²) < 4.78 is 2.10. The van der Waals surface area contributed by atoms with Gasteiger partial charge in [-0.2, -0.15) is 0 Å². The van der Waals surface area contributed by atoms with Crippen molar-refractivity contribution < 1.29 is 0 Å². The van der Waals surface area contributed by atoms with Crippen LogP contribution in [0.1, 0.15) is 5.56 Å². The van der Waals surface area contributed by atoms with Crippen LogP contribution in [0.5, 0.6) is 0 Å². The Balaban J connectivity index is 2.03. The van der Waals surface area contributed by atoms with Gasteiger partial charge < -0.3 is 15.6 Å². The predicted octanol–water partition coefficient (Wildman–Crippen LogP) is 3.21. The maximum Gasteiger partial charge on any atom is 0.130 e. The van der Waals surface area contributed by atoms with Crippen LogP contribution in [0.4, 0.5) is 17.2 Å². The van der Waals surface area contributed by atoms with Gasteiger partial charge >= 0.3 is 0 Å². The quantitative estimate of drug-likeness (QED) is 0.736. The SMILES string of the molecule is Cc1cc(Nc2cn(C)c3ccccc23)ncc1N. The predicted molar refractivity (Wildman–Crippen MR) is 79.6 cm³/mol. The highest BCUT2D eigenvalue weighted by Gasteiger charge is 2.06. The third kappa shape index (κ3) is 2.01. The van der Waals surface area contributed by atoms with Crippen molar-refractivity contribution in [3.63, 3.8) is 0 Å². The molecule has 0 saturated carbocycles. The zero-order valence-electron chi connectivity index (χ0n) is 11.0. The number of aryl methyl sites for hydroxylation is 2. The fraction of sp³-hybridized carbons (Fsp3) is 0.133. The van der Waals surface area contributed by atoms with E-state index in [-0.39, 0.29) is 0 Å². The molecule has 3 rings (SSSR count). The van der Waals surface area contributed by atoms with Gasteiger partial charge in [0.05, 0.1) is 17.6 Å². The molecule has 19 heavy (non-hydrogen) atoms. The number of para-hydroxylation sites is 1. The standard InChI is InChI=1S/C15H16N4/c1-10-7-15(17-8-12(10)16)18-13-9-19(2)14-6-4-3-5-11(13)14/h3-9H,16H2,1-2H3,(H,17,18). The van der Waals surface area contributed by atoms with E-state index in [0.717, 1.165) is 17.1 Å². The molecule has 4 heteroatoms. The van der Waals surface area contributed by atoms with Gasteiger partial charge in [-0.05, 0) is 24.6 Å². The zero-order chi connectivity index (χ0) is 13.4.